The van der Waals surface area contributed by atoms with Crippen molar-refractivity contribution in [3.05, 3.63) is 28.2 Å². The molecule has 0 radical (unpaired) electrons. The smallest absolute Gasteiger partial charge is 0.319 e. The normalized spacial score (nSPS) is 10.2. The molecule has 0 bridgehead atoms. The largest absolute Gasteiger partial charge is 0.338 e. The van der Waals surface area contributed by atoms with Crippen LogP contribution in [0.15, 0.2) is 18.2 Å². The van der Waals surface area contributed by atoms with Crippen LogP contribution in [-0.4, -0.2) is 12.6 Å². The molecule has 0 saturated heterocycles. The second-order valence-electron chi connectivity index (χ2n) is 4.07. The van der Waals surface area contributed by atoms with Crippen LogP contribution in [0.1, 0.15) is 32.6 Å². The summed E-state index contributed by atoms with van der Waals surface area (Å²) in [5.41, 5.74) is 0.635. The predicted molar refractivity (Wildman–Crippen MR) is 77.6 cm³/mol. The standard InChI is InChI=1S/C13H18Cl2N2O/c1-2-3-4-5-8-16-13(18)17-10-6-7-11(14)12(15)9-10/h6-7,9H,2-5,8H2,1H3,(H2,16,17,18). The van der Waals surface area contributed by atoms with Crippen molar-refractivity contribution in [3.8, 4) is 0 Å². The molecule has 0 fully saturated rings. The highest BCUT2D eigenvalue weighted by Gasteiger charge is 2.03. The zero-order chi connectivity index (χ0) is 13.4. The fourth-order valence-electron chi connectivity index (χ4n) is 1.50. The van der Waals surface area contributed by atoms with Gasteiger partial charge in [0.2, 0.25) is 0 Å². The van der Waals surface area contributed by atoms with Crippen molar-refractivity contribution < 1.29 is 4.79 Å². The molecule has 0 saturated carbocycles. The van der Waals surface area contributed by atoms with E-state index >= 15 is 0 Å². The summed E-state index contributed by atoms with van der Waals surface area (Å²) in [6, 6.07) is 4.77. The van der Waals surface area contributed by atoms with E-state index in [1.807, 2.05) is 0 Å². The van der Waals surface area contributed by atoms with Crippen LogP contribution in [-0.2, 0) is 0 Å². The number of anilines is 1. The summed E-state index contributed by atoms with van der Waals surface area (Å²) < 4.78 is 0. The second kappa shape index (κ2) is 8.22. The minimum atomic E-state index is -0.218. The zero-order valence-electron chi connectivity index (χ0n) is 10.4. The van der Waals surface area contributed by atoms with E-state index in [1.165, 1.54) is 12.8 Å². The van der Waals surface area contributed by atoms with Gasteiger partial charge >= 0.3 is 6.03 Å². The quantitative estimate of drug-likeness (QED) is 0.732. The fourth-order valence-corrected chi connectivity index (χ4v) is 1.80. The topological polar surface area (TPSA) is 41.1 Å². The predicted octanol–water partition coefficient (Wildman–Crippen LogP) is 4.70. The van der Waals surface area contributed by atoms with E-state index in [-0.39, 0.29) is 6.03 Å². The molecule has 100 valence electrons. The molecule has 2 amide bonds. The molecule has 0 heterocycles. The molecule has 18 heavy (non-hydrogen) atoms. The third-order valence-corrected chi connectivity index (χ3v) is 3.23. The molecule has 0 aliphatic rings. The van der Waals surface area contributed by atoms with Gasteiger partial charge in [-0.15, -0.1) is 0 Å². The highest BCUT2D eigenvalue weighted by atomic mass is 35.5. The van der Waals surface area contributed by atoms with Gasteiger partial charge in [0.1, 0.15) is 0 Å². The summed E-state index contributed by atoms with van der Waals surface area (Å²) >= 11 is 11.6. The van der Waals surface area contributed by atoms with E-state index in [0.29, 0.717) is 22.3 Å². The maximum Gasteiger partial charge on any atom is 0.319 e. The van der Waals surface area contributed by atoms with Crippen molar-refractivity contribution in [2.75, 3.05) is 11.9 Å². The molecule has 0 spiro atoms. The summed E-state index contributed by atoms with van der Waals surface area (Å²) in [5, 5.41) is 6.41. The number of carbonyl (C=O) groups excluding carboxylic acids is 1. The molecule has 0 aliphatic heterocycles. The lowest BCUT2D eigenvalue weighted by Crippen LogP contribution is -2.29. The Balaban J connectivity index is 2.29. The molecule has 3 nitrogen and oxygen atoms in total. The monoisotopic (exact) mass is 288 g/mol. The third-order valence-electron chi connectivity index (χ3n) is 2.49. The highest BCUT2D eigenvalue weighted by Crippen LogP contribution is 2.24. The van der Waals surface area contributed by atoms with Gasteiger partial charge in [-0.3, -0.25) is 0 Å². The molecule has 0 aromatic heterocycles. The molecule has 1 rings (SSSR count). The number of urea groups is 1. The molecule has 0 aliphatic carbocycles. The SMILES string of the molecule is CCCCCCNC(=O)Nc1ccc(Cl)c(Cl)c1. The van der Waals surface area contributed by atoms with Crippen molar-refractivity contribution in [2.24, 2.45) is 0 Å². The van der Waals surface area contributed by atoms with Gasteiger partial charge in [-0.25, -0.2) is 4.79 Å². The van der Waals surface area contributed by atoms with Crippen LogP contribution < -0.4 is 10.6 Å². The van der Waals surface area contributed by atoms with Crippen molar-refractivity contribution >= 4 is 34.9 Å². The number of unbranched alkanes of at least 4 members (excludes halogenated alkanes) is 3. The maximum absolute atomic E-state index is 11.5. The van der Waals surface area contributed by atoms with Gasteiger partial charge in [0.05, 0.1) is 10.0 Å². The summed E-state index contributed by atoms with van der Waals surface area (Å²) in [5.74, 6) is 0. The Morgan fingerprint density at radius 3 is 2.61 bits per heavy atom. The first-order valence-electron chi connectivity index (χ1n) is 6.13. The molecule has 0 atom stereocenters. The van der Waals surface area contributed by atoms with E-state index in [0.717, 1.165) is 12.8 Å². The number of benzene rings is 1. The van der Waals surface area contributed by atoms with E-state index in [2.05, 4.69) is 17.6 Å². The van der Waals surface area contributed by atoms with Crippen LogP contribution in [0.5, 0.6) is 0 Å². The number of rotatable bonds is 6. The Labute approximate surface area is 118 Å². The Hall–Kier alpha value is -0.930. The van der Waals surface area contributed by atoms with Crippen LogP contribution in [0, 0.1) is 0 Å². The summed E-state index contributed by atoms with van der Waals surface area (Å²) in [7, 11) is 0. The van der Waals surface area contributed by atoms with Gasteiger partial charge < -0.3 is 10.6 Å². The number of carbonyl (C=O) groups is 1. The van der Waals surface area contributed by atoms with Gasteiger partial charge in [0, 0.05) is 12.2 Å². The van der Waals surface area contributed by atoms with Crippen LogP contribution in [0.2, 0.25) is 10.0 Å². The van der Waals surface area contributed by atoms with Crippen molar-refractivity contribution in [2.45, 2.75) is 32.6 Å². The van der Waals surface area contributed by atoms with Gasteiger partial charge in [0.15, 0.2) is 0 Å². The number of hydrogen-bond donors (Lipinski definition) is 2. The van der Waals surface area contributed by atoms with Gasteiger partial charge in [0.25, 0.3) is 0 Å². The van der Waals surface area contributed by atoms with Crippen LogP contribution in [0.4, 0.5) is 10.5 Å². The molecule has 1 aromatic rings. The van der Waals surface area contributed by atoms with E-state index in [9.17, 15) is 4.79 Å². The molecule has 2 N–H and O–H groups in total. The molecular weight excluding hydrogens is 271 g/mol. The first kappa shape index (κ1) is 15.1. The Morgan fingerprint density at radius 2 is 1.94 bits per heavy atom. The van der Waals surface area contributed by atoms with Gasteiger partial charge in [-0.1, -0.05) is 49.4 Å². The van der Waals surface area contributed by atoms with Gasteiger partial charge in [-0.2, -0.15) is 0 Å². The van der Waals surface area contributed by atoms with E-state index in [1.54, 1.807) is 18.2 Å². The van der Waals surface area contributed by atoms with Crippen LogP contribution in [0.25, 0.3) is 0 Å². The molecule has 0 unspecified atom stereocenters. The Bertz CT molecular complexity index is 397. The highest BCUT2D eigenvalue weighted by molar-refractivity contribution is 6.42. The van der Waals surface area contributed by atoms with Crippen molar-refractivity contribution in [3.63, 3.8) is 0 Å². The fraction of sp³-hybridized carbons (Fsp3) is 0.462. The van der Waals surface area contributed by atoms with E-state index in [4.69, 9.17) is 23.2 Å². The van der Waals surface area contributed by atoms with Crippen LogP contribution >= 0.6 is 23.2 Å². The third kappa shape index (κ3) is 5.61. The molecule has 1 aromatic carbocycles. The average molecular weight is 289 g/mol. The van der Waals surface area contributed by atoms with Gasteiger partial charge in [-0.05, 0) is 24.6 Å². The minimum absolute atomic E-state index is 0.218. The number of amides is 2. The van der Waals surface area contributed by atoms with Crippen molar-refractivity contribution in [1.82, 2.24) is 5.32 Å². The second-order valence-corrected chi connectivity index (χ2v) is 4.88. The summed E-state index contributed by atoms with van der Waals surface area (Å²) in [6.45, 7) is 2.84. The Morgan fingerprint density at radius 1 is 1.17 bits per heavy atom. The average Bonchev–Trinajstić information content (AvgIpc) is 2.34. The molecule has 5 heteroatoms. The lowest BCUT2D eigenvalue weighted by atomic mass is 10.2. The number of nitrogens with one attached hydrogen (secondary N) is 2. The van der Waals surface area contributed by atoms with Crippen LogP contribution in [0.3, 0.4) is 0 Å². The first-order valence-corrected chi connectivity index (χ1v) is 6.89. The van der Waals surface area contributed by atoms with E-state index < -0.39 is 0 Å². The maximum atomic E-state index is 11.5. The summed E-state index contributed by atoms with van der Waals surface area (Å²) in [4.78, 5) is 11.5. The minimum Gasteiger partial charge on any atom is -0.338 e. The number of halogens is 2. The first-order chi connectivity index (χ1) is 8.63. The number of hydrogen-bond acceptors (Lipinski definition) is 1. The summed E-state index contributed by atoms with van der Waals surface area (Å²) in [6.07, 6.45) is 4.54. The van der Waals surface area contributed by atoms with Crippen molar-refractivity contribution in [1.29, 1.82) is 0 Å². The lowest BCUT2D eigenvalue weighted by Gasteiger charge is -2.08. The zero-order valence-corrected chi connectivity index (χ0v) is 11.9. The Kier molecular flexibility index (Phi) is 6.91. The molecular formula is C13H18Cl2N2O. The lowest BCUT2D eigenvalue weighted by molar-refractivity contribution is 0.252.